The third-order valence-electron chi connectivity index (χ3n) is 3.99. The van der Waals surface area contributed by atoms with Crippen LogP contribution in [0.25, 0.3) is 0 Å². The number of nitrogens with two attached hydrogens (primary N) is 1. The van der Waals surface area contributed by atoms with Crippen LogP contribution in [-0.4, -0.2) is 12.5 Å². The molecule has 0 fully saturated rings. The minimum absolute atomic E-state index is 0.142. The summed E-state index contributed by atoms with van der Waals surface area (Å²) in [5.74, 6) is -0.473. The lowest BCUT2D eigenvalue weighted by Gasteiger charge is -2.14. The highest BCUT2D eigenvalue weighted by atomic mass is 19.4. The Morgan fingerprint density at radius 1 is 1.16 bits per heavy atom. The first-order valence-electron chi connectivity index (χ1n) is 8.04. The number of hydrogen-bond acceptors (Lipinski definition) is 2. The predicted octanol–water partition coefficient (Wildman–Crippen LogP) is 4.14. The second-order valence-corrected chi connectivity index (χ2v) is 6.07. The van der Waals surface area contributed by atoms with Crippen LogP contribution in [0.2, 0.25) is 0 Å². The molecular weight excluding hydrogens is 329 g/mol. The Labute approximate surface area is 145 Å². The van der Waals surface area contributed by atoms with Crippen LogP contribution >= 0.6 is 0 Å². The summed E-state index contributed by atoms with van der Waals surface area (Å²) in [4.78, 5) is 12.0. The van der Waals surface area contributed by atoms with Gasteiger partial charge in [0.2, 0.25) is 5.91 Å². The number of nitrogen functional groups attached to an aromatic ring is 1. The normalized spacial score (nSPS) is 12.6. The quantitative estimate of drug-likeness (QED) is 0.770. The fourth-order valence-electron chi connectivity index (χ4n) is 2.52. The molecule has 0 saturated heterocycles. The summed E-state index contributed by atoms with van der Waals surface area (Å²) in [6.45, 7) is 2.22. The SMILES string of the molecule is CC(CC(=O)NCCc1ccc(N)cc1)c1cccc(C(F)(F)F)c1. The molecule has 1 atom stereocenters. The van der Waals surface area contributed by atoms with Crippen molar-refractivity contribution in [1.29, 1.82) is 0 Å². The van der Waals surface area contributed by atoms with Gasteiger partial charge in [0, 0.05) is 18.7 Å². The van der Waals surface area contributed by atoms with Crippen molar-refractivity contribution in [2.75, 3.05) is 12.3 Å². The number of nitrogens with one attached hydrogen (secondary N) is 1. The zero-order valence-corrected chi connectivity index (χ0v) is 13.9. The van der Waals surface area contributed by atoms with E-state index in [-0.39, 0.29) is 18.2 Å². The first kappa shape index (κ1) is 18.8. The van der Waals surface area contributed by atoms with Gasteiger partial charge in [-0.05, 0) is 41.7 Å². The molecule has 3 N–H and O–H groups in total. The van der Waals surface area contributed by atoms with Gasteiger partial charge in [-0.1, -0.05) is 37.3 Å². The molecule has 25 heavy (non-hydrogen) atoms. The number of carbonyl (C=O) groups excluding carboxylic acids is 1. The number of benzene rings is 2. The van der Waals surface area contributed by atoms with Gasteiger partial charge in [0.1, 0.15) is 0 Å². The maximum absolute atomic E-state index is 12.8. The summed E-state index contributed by atoms with van der Waals surface area (Å²) in [7, 11) is 0. The average molecular weight is 350 g/mol. The van der Waals surface area contributed by atoms with E-state index >= 15 is 0 Å². The van der Waals surface area contributed by atoms with Gasteiger partial charge in [-0.25, -0.2) is 0 Å². The van der Waals surface area contributed by atoms with Crippen LogP contribution in [0.1, 0.15) is 36.0 Å². The molecule has 0 heterocycles. The Balaban J connectivity index is 1.84. The lowest BCUT2D eigenvalue weighted by molar-refractivity contribution is -0.137. The lowest BCUT2D eigenvalue weighted by atomic mass is 9.95. The van der Waals surface area contributed by atoms with Crippen molar-refractivity contribution in [2.45, 2.75) is 31.9 Å². The lowest BCUT2D eigenvalue weighted by Crippen LogP contribution is -2.26. The second kappa shape index (κ2) is 8.05. The van der Waals surface area contributed by atoms with Gasteiger partial charge in [0.15, 0.2) is 0 Å². The number of amides is 1. The molecule has 0 aliphatic heterocycles. The summed E-state index contributed by atoms with van der Waals surface area (Å²) in [5, 5.41) is 2.80. The van der Waals surface area contributed by atoms with Gasteiger partial charge in [-0.2, -0.15) is 13.2 Å². The molecule has 2 aromatic carbocycles. The molecule has 2 aromatic rings. The van der Waals surface area contributed by atoms with Gasteiger partial charge < -0.3 is 11.1 Å². The molecule has 0 aliphatic carbocycles. The Hall–Kier alpha value is -2.50. The maximum atomic E-state index is 12.8. The van der Waals surface area contributed by atoms with Crippen LogP contribution in [0.15, 0.2) is 48.5 Å². The molecule has 134 valence electrons. The first-order valence-corrected chi connectivity index (χ1v) is 8.04. The zero-order valence-electron chi connectivity index (χ0n) is 13.9. The summed E-state index contributed by atoms with van der Waals surface area (Å²) in [5.41, 5.74) is 7.16. The monoisotopic (exact) mass is 350 g/mol. The van der Waals surface area contributed by atoms with Crippen molar-refractivity contribution in [2.24, 2.45) is 0 Å². The second-order valence-electron chi connectivity index (χ2n) is 6.07. The molecule has 1 amide bonds. The molecule has 0 aromatic heterocycles. The predicted molar refractivity (Wildman–Crippen MR) is 92.0 cm³/mol. The minimum Gasteiger partial charge on any atom is -0.399 e. The van der Waals surface area contributed by atoms with E-state index in [2.05, 4.69) is 5.32 Å². The van der Waals surface area contributed by atoms with E-state index in [9.17, 15) is 18.0 Å². The Morgan fingerprint density at radius 3 is 2.48 bits per heavy atom. The first-order chi connectivity index (χ1) is 11.8. The van der Waals surface area contributed by atoms with Gasteiger partial charge in [0.25, 0.3) is 0 Å². The third-order valence-corrected chi connectivity index (χ3v) is 3.99. The smallest absolute Gasteiger partial charge is 0.399 e. The molecule has 1 unspecified atom stereocenters. The summed E-state index contributed by atoms with van der Waals surface area (Å²) < 4.78 is 38.3. The molecule has 0 bridgehead atoms. The number of carbonyl (C=O) groups is 1. The molecular formula is C19H21F3N2O. The topological polar surface area (TPSA) is 55.1 Å². The average Bonchev–Trinajstić information content (AvgIpc) is 2.56. The van der Waals surface area contributed by atoms with E-state index < -0.39 is 11.7 Å². The Kier molecular flexibility index (Phi) is 6.07. The van der Waals surface area contributed by atoms with Crippen molar-refractivity contribution in [1.82, 2.24) is 5.32 Å². The van der Waals surface area contributed by atoms with E-state index in [1.165, 1.54) is 6.07 Å². The van der Waals surface area contributed by atoms with Gasteiger partial charge >= 0.3 is 6.18 Å². The van der Waals surface area contributed by atoms with Crippen LogP contribution < -0.4 is 11.1 Å². The number of alkyl halides is 3. The number of hydrogen-bond donors (Lipinski definition) is 2. The fraction of sp³-hybridized carbons (Fsp3) is 0.316. The van der Waals surface area contributed by atoms with E-state index in [0.717, 1.165) is 17.7 Å². The summed E-state index contributed by atoms with van der Waals surface area (Å²) in [6, 6.07) is 12.5. The minimum atomic E-state index is -4.38. The highest BCUT2D eigenvalue weighted by Crippen LogP contribution is 2.31. The summed E-state index contributed by atoms with van der Waals surface area (Å²) in [6.07, 6.45) is -3.57. The number of halogens is 3. The molecule has 3 nitrogen and oxygen atoms in total. The molecule has 0 spiro atoms. The standard InChI is InChI=1S/C19H21F3N2O/c1-13(15-3-2-4-16(12-15)19(20,21)22)11-18(25)24-10-9-14-5-7-17(23)8-6-14/h2-8,12-13H,9-11,23H2,1H3,(H,24,25). The van der Waals surface area contributed by atoms with Crippen LogP contribution in [0, 0.1) is 0 Å². The Morgan fingerprint density at radius 2 is 1.84 bits per heavy atom. The van der Waals surface area contributed by atoms with Crippen molar-refractivity contribution in [3.8, 4) is 0 Å². The van der Waals surface area contributed by atoms with Crippen LogP contribution in [0.3, 0.4) is 0 Å². The van der Waals surface area contributed by atoms with Gasteiger partial charge in [0.05, 0.1) is 5.56 Å². The Bertz CT molecular complexity index is 711. The highest BCUT2D eigenvalue weighted by Gasteiger charge is 2.30. The highest BCUT2D eigenvalue weighted by molar-refractivity contribution is 5.76. The molecule has 2 rings (SSSR count). The van der Waals surface area contributed by atoms with Crippen molar-refractivity contribution >= 4 is 11.6 Å². The van der Waals surface area contributed by atoms with E-state index in [4.69, 9.17) is 5.73 Å². The van der Waals surface area contributed by atoms with Crippen LogP contribution in [-0.2, 0) is 17.4 Å². The van der Waals surface area contributed by atoms with E-state index in [1.807, 2.05) is 12.1 Å². The van der Waals surface area contributed by atoms with Gasteiger partial charge in [-0.15, -0.1) is 0 Å². The van der Waals surface area contributed by atoms with Crippen LogP contribution in [0.5, 0.6) is 0 Å². The van der Waals surface area contributed by atoms with E-state index in [0.29, 0.717) is 24.2 Å². The van der Waals surface area contributed by atoms with Crippen molar-refractivity contribution in [3.63, 3.8) is 0 Å². The summed E-state index contributed by atoms with van der Waals surface area (Å²) >= 11 is 0. The molecule has 0 saturated carbocycles. The molecule has 6 heteroatoms. The largest absolute Gasteiger partial charge is 0.416 e. The van der Waals surface area contributed by atoms with Crippen LogP contribution in [0.4, 0.5) is 18.9 Å². The third kappa shape index (κ3) is 5.81. The zero-order chi connectivity index (χ0) is 18.4. The fourth-order valence-corrected chi connectivity index (χ4v) is 2.52. The van der Waals surface area contributed by atoms with Crippen molar-refractivity contribution in [3.05, 3.63) is 65.2 Å². The number of rotatable bonds is 6. The molecule has 0 aliphatic rings. The number of anilines is 1. The van der Waals surface area contributed by atoms with E-state index in [1.54, 1.807) is 25.1 Å². The molecule has 0 radical (unpaired) electrons. The van der Waals surface area contributed by atoms with Gasteiger partial charge in [-0.3, -0.25) is 4.79 Å². The maximum Gasteiger partial charge on any atom is 0.416 e. The van der Waals surface area contributed by atoms with Crippen molar-refractivity contribution < 1.29 is 18.0 Å².